The molecule has 1 atom stereocenters. The Morgan fingerprint density at radius 2 is 2.18 bits per heavy atom. The van der Waals surface area contributed by atoms with Crippen molar-refractivity contribution in [2.45, 2.75) is 31.6 Å². The van der Waals surface area contributed by atoms with Gasteiger partial charge in [0.15, 0.2) is 0 Å². The first-order valence-electron chi connectivity index (χ1n) is 7.29. The highest BCUT2D eigenvalue weighted by Crippen LogP contribution is 2.27. The summed E-state index contributed by atoms with van der Waals surface area (Å²) in [5.74, 6) is -0.686. The minimum Gasteiger partial charge on any atom is -0.466 e. The number of carbonyl (C=O) groups excluding carboxylic acids is 1. The minimum atomic E-state index is -3.58. The molecule has 1 unspecified atom stereocenters. The molecule has 7 heteroatoms. The first-order valence-corrected chi connectivity index (χ1v) is 9.52. The minimum absolute atomic E-state index is 0.191. The predicted molar refractivity (Wildman–Crippen MR) is 87.0 cm³/mol. The third-order valence-electron chi connectivity index (χ3n) is 3.77. The maximum Gasteiger partial charge on any atom is 0.310 e. The van der Waals surface area contributed by atoms with Crippen LogP contribution in [0, 0.1) is 12.8 Å². The van der Waals surface area contributed by atoms with Crippen LogP contribution in [-0.2, 0) is 19.6 Å². The molecule has 1 heterocycles. The summed E-state index contributed by atoms with van der Waals surface area (Å²) in [4.78, 5) is 12.1. The van der Waals surface area contributed by atoms with Gasteiger partial charge in [0.05, 0.1) is 17.4 Å². The molecule has 0 N–H and O–H groups in total. The quantitative estimate of drug-likeness (QED) is 0.742. The van der Waals surface area contributed by atoms with E-state index >= 15 is 0 Å². The van der Waals surface area contributed by atoms with Crippen LogP contribution in [0.25, 0.3) is 0 Å². The zero-order valence-corrected chi connectivity index (χ0v) is 15.1. The van der Waals surface area contributed by atoms with Gasteiger partial charge >= 0.3 is 5.97 Å². The molecule has 0 radical (unpaired) electrons. The van der Waals surface area contributed by atoms with Crippen molar-refractivity contribution >= 4 is 31.9 Å². The number of nitrogens with zero attached hydrogens (tertiary/aromatic N) is 1. The molecule has 1 aromatic carbocycles. The van der Waals surface area contributed by atoms with E-state index in [0.29, 0.717) is 26.0 Å². The molecule has 2 rings (SSSR count). The van der Waals surface area contributed by atoms with Gasteiger partial charge in [-0.1, -0.05) is 15.9 Å². The largest absolute Gasteiger partial charge is 0.466 e. The van der Waals surface area contributed by atoms with E-state index < -0.39 is 10.0 Å². The third kappa shape index (κ3) is 3.70. The molecule has 0 aliphatic carbocycles. The Kier molecular flexibility index (Phi) is 5.63. The zero-order valence-electron chi connectivity index (χ0n) is 12.7. The number of rotatable bonds is 4. The standard InChI is InChI=1S/C15H20BrNO4S/c1-3-21-15(18)12-5-4-8-17(10-12)22(19,20)13-6-7-14(16)11(2)9-13/h6-7,9,12H,3-5,8,10H2,1-2H3. The predicted octanol–water partition coefficient (Wildman–Crippen LogP) is 2.72. The fourth-order valence-corrected chi connectivity index (χ4v) is 4.40. The summed E-state index contributed by atoms with van der Waals surface area (Å²) in [5.41, 5.74) is 0.861. The van der Waals surface area contributed by atoms with Crippen LogP contribution < -0.4 is 0 Å². The van der Waals surface area contributed by atoms with Gasteiger partial charge in [-0.2, -0.15) is 4.31 Å². The van der Waals surface area contributed by atoms with Crippen molar-refractivity contribution in [2.24, 2.45) is 5.92 Å². The van der Waals surface area contributed by atoms with E-state index in [-0.39, 0.29) is 23.3 Å². The lowest BCUT2D eigenvalue weighted by atomic mass is 10.0. The van der Waals surface area contributed by atoms with Crippen molar-refractivity contribution < 1.29 is 17.9 Å². The number of benzene rings is 1. The van der Waals surface area contributed by atoms with Gasteiger partial charge in [0.1, 0.15) is 0 Å². The Bertz CT molecular complexity index is 660. The zero-order chi connectivity index (χ0) is 16.3. The Balaban J connectivity index is 2.21. The Morgan fingerprint density at radius 1 is 1.45 bits per heavy atom. The molecule has 22 heavy (non-hydrogen) atoms. The van der Waals surface area contributed by atoms with Crippen LogP contribution in [-0.4, -0.2) is 38.4 Å². The molecule has 122 valence electrons. The molecule has 1 fully saturated rings. The number of ether oxygens (including phenoxy) is 1. The molecule has 0 amide bonds. The summed E-state index contributed by atoms with van der Waals surface area (Å²) in [6.07, 6.45) is 1.34. The Labute approximate surface area is 139 Å². The summed E-state index contributed by atoms with van der Waals surface area (Å²) in [5, 5.41) is 0. The second-order valence-corrected chi connectivity index (χ2v) is 8.16. The molecule has 1 saturated heterocycles. The van der Waals surface area contributed by atoms with Gasteiger partial charge in [0.25, 0.3) is 0 Å². The Morgan fingerprint density at radius 3 is 2.82 bits per heavy atom. The van der Waals surface area contributed by atoms with Crippen LogP contribution in [0.15, 0.2) is 27.6 Å². The van der Waals surface area contributed by atoms with Crippen LogP contribution in [0.1, 0.15) is 25.3 Å². The molecule has 0 spiro atoms. The van der Waals surface area contributed by atoms with Crippen molar-refractivity contribution in [3.8, 4) is 0 Å². The van der Waals surface area contributed by atoms with Crippen LogP contribution >= 0.6 is 15.9 Å². The molecule has 1 aromatic rings. The fourth-order valence-electron chi connectivity index (χ4n) is 2.54. The third-order valence-corrected chi connectivity index (χ3v) is 6.52. The average Bonchev–Trinajstić information content (AvgIpc) is 2.50. The van der Waals surface area contributed by atoms with Gasteiger partial charge in [-0.25, -0.2) is 8.42 Å². The normalized spacial score (nSPS) is 19.9. The first-order chi connectivity index (χ1) is 10.4. The number of hydrogen-bond donors (Lipinski definition) is 0. The lowest BCUT2D eigenvalue weighted by Gasteiger charge is -2.30. The van der Waals surface area contributed by atoms with Gasteiger partial charge in [0.2, 0.25) is 10.0 Å². The van der Waals surface area contributed by atoms with Crippen molar-refractivity contribution in [3.63, 3.8) is 0 Å². The molecular weight excluding hydrogens is 370 g/mol. The number of sulfonamides is 1. The highest BCUT2D eigenvalue weighted by Gasteiger charge is 2.34. The topological polar surface area (TPSA) is 63.7 Å². The first kappa shape index (κ1) is 17.4. The summed E-state index contributed by atoms with van der Waals surface area (Å²) >= 11 is 3.37. The number of halogens is 1. The highest BCUT2D eigenvalue weighted by molar-refractivity contribution is 9.10. The van der Waals surface area contributed by atoms with Gasteiger partial charge < -0.3 is 4.74 Å². The molecule has 5 nitrogen and oxygen atoms in total. The maximum absolute atomic E-state index is 12.7. The van der Waals surface area contributed by atoms with E-state index in [2.05, 4.69) is 15.9 Å². The highest BCUT2D eigenvalue weighted by atomic mass is 79.9. The van der Waals surface area contributed by atoms with Gasteiger partial charge in [-0.3, -0.25) is 4.79 Å². The van der Waals surface area contributed by atoms with Gasteiger partial charge in [-0.05, 0) is 50.5 Å². The van der Waals surface area contributed by atoms with E-state index in [0.717, 1.165) is 10.0 Å². The van der Waals surface area contributed by atoms with E-state index in [4.69, 9.17) is 4.74 Å². The number of piperidine rings is 1. The monoisotopic (exact) mass is 389 g/mol. The van der Waals surface area contributed by atoms with Crippen LogP contribution in [0.2, 0.25) is 0 Å². The summed E-state index contributed by atoms with van der Waals surface area (Å²) in [6.45, 7) is 4.54. The summed E-state index contributed by atoms with van der Waals surface area (Å²) in [7, 11) is -3.58. The average molecular weight is 390 g/mol. The van der Waals surface area contributed by atoms with Crippen molar-refractivity contribution in [1.82, 2.24) is 4.31 Å². The molecular formula is C15H20BrNO4S. The van der Waals surface area contributed by atoms with E-state index in [9.17, 15) is 13.2 Å². The summed E-state index contributed by atoms with van der Waals surface area (Å²) in [6, 6.07) is 4.96. The van der Waals surface area contributed by atoms with Gasteiger partial charge in [-0.15, -0.1) is 0 Å². The molecule has 1 aliphatic heterocycles. The molecule has 0 aromatic heterocycles. The second-order valence-electron chi connectivity index (χ2n) is 5.37. The SMILES string of the molecule is CCOC(=O)C1CCCN(S(=O)(=O)c2ccc(Br)c(C)c2)C1. The van der Waals surface area contributed by atoms with Crippen molar-refractivity contribution in [3.05, 3.63) is 28.2 Å². The van der Waals surface area contributed by atoms with Gasteiger partial charge in [0, 0.05) is 17.6 Å². The molecule has 0 saturated carbocycles. The van der Waals surface area contributed by atoms with Crippen LogP contribution in [0.5, 0.6) is 0 Å². The number of carbonyl (C=O) groups is 1. The van der Waals surface area contributed by atoms with E-state index in [1.807, 2.05) is 6.92 Å². The van der Waals surface area contributed by atoms with Crippen molar-refractivity contribution in [2.75, 3.05) is 19.7 Å². The molecule has 0 bridgehead atoms. The number of hydrogen-bond acceptors (Lipinski definition) is 4. The van der Waals surface area contributed by atoms with Crippen LogP contribution in [0.3, 0.4) is 0 Å². The van der Waals surface area contributed by atoms with Crippen molar-refractivity contribution in [1.29, 1.82) is 0 Å². The summed E-state index contributed by atoms with van der Waals surface area (Å²) < 4.78 is 32.7. The maximum atomic E-state index is 12.7. The van der Waals surface area contributed by atoms with E-state index in [1.54, 1.807) is 25.1 Å². The fraction of sp³-hybridized carbons (Fsp3) is 0.533. The lowest BCUT2D eigenvalue weighted by molar-refractivity contribution is -0.149. The second kappa shape index (κ2) is 7.10. The lowest BCUT2D eigenvalue weighted by Crippen LogP contribution is -2.42. The number of esters is 1. The Hall–Kier alpha value is -0.920. The number of aryl methyl sites for hydroxylation is 1. The molecule has 1 aliphatic rings. The van der Waals surface area contributed by atoms with E-state index in [1.165, 1.54) is 4.31 Å². The van der Waals surface area contributed by atoms with Crippen LogP contribution in [0.4, 0.5) is 0 Å². The smallest absolute Gasteiger partial charge is 0.310 e.